The number of carbonyl (C=O) groups is 2. The monoisotopic (exact) mass is 391 g/mol. The number of hydrogen-bond donors (Lipinski definition) is 1. The molecule has 0 aromatic heterocycles. The van der Waals surface area contributed by atoms with Gasteiger partial charge in [-0.1, -0.05) is 47.0 Å². The van der Waals surface area contributed by atoms with Gasteiger partial charge < -0.3 is 10.1 Å². The molecule has 0 unspecified atom stereocenters. The normalized spacial score (nSPS) is 10.8. The smallest absolute Gasteiger partial charge is 0.331 e. The molecular formula is C20H19Cl2NO3. The number of esters is 1. The fraction of sp³-hybridized carbons (Fsp3) is 0.200. The van der Waals surface area contributed by atoms with Gasteiger partial charge in [0.25, 0.3) is 5.91 Å². The summed E-state index contributed by atoms with van der Waals surface area (Å²) in [6.07, 6.45) is 2.77. The second-order valence-electron chi connectivity index (χ2n) is 5.94. The first-order valence-corrected chi connectivity index (χ1v) is 8.69. The average Bonchev–Trinajstić information content (AvgIpc) is 2.57. The topological polar surface area (TPSA) is 55.4 Å². The van der Waals surface area contributed by atoms with Crippen LogP contribution in [-0.2, 0) is 14.3 Å². The molecule has 4 nitrogen and oxygen atoms in total. The maximum Gasteiger partial charge on any atom is 0.331 e. The average molecular weight is 392 g/mol. The van der Waals surface area contributed by atoms with E-state index in [1.54, 1.807) is 18.2 Å². The Morgan fingerprint density at radius 2 is 1.69 bits per heavy atom. The van der Waals surface area contributed by atoms with Crippen molar-refractivity contribution in [2.75, 3.05) is 11.9 Å². The first-order chi connectivity index (χ1) is 12.3. The van der Waals surface area contributed by atoms with Gasteiger partial charge in [0.2, 0.25) is 0 Å². The van der Waals surface area contributed by atoms with Crippen molar-refractivity contribution in [3.63, 3.8) is 0 Å². The van der Waals surface area contributed by atoms with Crippen LogP contribution in [0.4, 0.5) is 5.69 Å². The van der Waals surface area contributed by atoms with Crippen LogP contribution in [0.15, 0.2) is 36.4 Å². The van der Waals surface area contributed by atoms with Crippen LogP contribution >= 0.6 is 23.2 Å². The molecule has 0 bridgehead atoms. The second-order valence-corrected chi connectivity index (χ2v) is 6.75. The van der Waals surface area contributed by atoms with Crippen molar-refractivity contribution in [3.8, 4) is 0 Å². The molecule has 1 amide bonds. The lowest BCUT2D eigenvalue weighted by atomic mass is 10.1. The Hall–Kier alpha value is -2.30. The molecule has 0 atom stereocenters. The molecule has 0 aliphatic carbocycles. The van der Waals surface area contributed by atoms with Gasteiger partial charge in [0.15, 0.2) is 6.61 Å². The van der Waals surface area contributed by atoms with Crippen molar-refractivity contribution in [2.24, 2.45) is 0 Å². The van der Waals surface area contributed by atoms with E-state index in [9.17, 15) is 9.59 Å². The minimum absolute atomic E-state index is 0.364. The summed E-state index contributed by atoms with van der Waals surface area (Å²) in [7, 11) is 0. The van der Waals surface area contributed by atoms with Crippen LogP contribution in [0.5, 0.6) is 0 Å². The fourth-order valence-corrected chi connectivity index (χ4v) is 2.82. The molecule has 2 aromatic rings. The quantitative estimate of drug-likeness (QED) is 0.568. The lowest BCUT2D eigenvalue weighted by molar-refractivity contribution is -0.142. The molecule has 0 saturated heterocycles. The van der Waals surface area contributed by atoms with E-state index >= 15 is 0 Å². The van der Waals surface area contributed by atoms with Crippen molar-refractivity contribution in [2.45, 2.75) is 20.8 Å². The number of anilines is 1. The fourth-order valence-electron chi connectivity index (χ4n) is 2.52. The molecule has 6 heteroatoms. The Kier molecular flexibility index (Phi) is 6.83. The summed E-state index contributed by atoms with van der Waals surface area (Å²) in [5.74, 6) is -1.01. The Bertz CT molecular complexity index is 852. The van der Waals surface area contributed by atoms with Crippen molar-refractivity contribution in [1.82, 2.24) is 0 Å². The summed E-state index contributed by atoms with van der Waals surface area (Å²) >= 11 is 11.7. The molecule has 1 N–H and O–H groups in total. The first-order valence-electron chi connectivity index (χ1n) is 7.94. The van der Waals surface area contributed by atoms with Crippen LogP contribution in [-0.4, -0.2) is 18.5 Å². The zero-order chi connectivity index (χ0) is 19.3. The number of amides is 1. The Morgan fingerprint density at radius 1 is 1.04 bits per heavy atom. The predicted molar refractivity (Wildman–Crippen MR) is 106 cm³/mol. The molecule has 0 aliphatic rings. The van der Waals surface area contributed by atoms with Crippen LogP contribution in [0.3, 0.4) is 0 Å². The first kappa shape index (κ1) is 20.0. The highest BCUT2D eigenvalue weighted by atomic mass is 35.5. The van der Waals surface area contributed by atoms with Crippen molar-refractivity contribution in [1.29, 1.82) is 0 Å². The number of nitrogens with one attached hydrogen (secondary N) is 1. The summed E-state index contributed by atoms with van der Waals surface area (Å²) in [4.78, 5) is 23.8. The van der Waals surface area contributed by atoms with Crippen LogP contribution in [0.1, 0.15) is 22.3 Å². The molecular weight excluding hydrogens is 373 g/mol. The van der Waals surface area contributed by atoms with Gasteiger partial charge >= 0.3 is 5.97 Å². The molecule has 2 aromatic carbocycles. The zero-order valence-electron chi connectivity index (χ0n) is 14.7. The van der Waals surface area contributed by atoms with Gasteiger partial charge in [-0.2, -0.15) is 0 Å². The molecule has 136 valence electrons. The number of rotatable bonds is 5. The van der Waals surface area contributed by atoms with Crippen LogP contribution in [0, 0.1) is 20.8 Å². The van der Waals surface area contributed by atoms with E-state index in [-0.39, 0.29) is 6.61 Å². The molecule has 0 heterocycles. The van der Waals surface area contributed by atoms with E-state index in [0.29, 0.717) is 15.6 Å². The van der Waals surface area contributed by atoms with Crippen molar-refractivity contribution < 1.29 is 14.3 Å². The van der Waals surface area contributed by atoms with Crippen molar-refractivity contribution in [3.05, 3.63) is 68.7 Å². The third-order valence-corrected chi connectivity index (χ3v) is 4.38. The highest BCUT2D eigenvalue weighted by molar-refractivity contribution is 6.42. The Labute approximate surface area is 162 Å². The summed E-state index contributed by atoms with van der Waals surface area (Å²) < 4.78 is 4.96. The second kappa shape index (κ2) is 8.88. The summed E-state index contributed by atoms with van der Waals surface area (Å²) in [6.45, 7) is 5.47. The minimum Gasteiger partial charge on any atom is -0.452 e. The van der Waals surface area contributed by atoms with Gasteiger partial charge in [-0.3, -0.25) is 4.79 Å². The SMILES string of the molecule is Cc1cc(C)c(NC(=O)COC(=O)/C=C/c2ccc(Cl)c(Cl)c2)c(C)c1. The zero-order valence-corrected chi connectivity index (χ0v) is 16.2. The lowest BCUT2D eigenvalue weighted by Gasteiger charge is -2.12. The van der Waals surface area contributed by atoms with Gasteiger partial charge in [-0.05, 0) is 55.7 Å². The van der Waals surface area contributed by atoms with Gasteiger partial charge in [0, 0.05) is 11.8 Å². The van der Waals surface area contributed by atoms with E-state index < -0.39 is 11.9 Å². The summed E-state index contributed by atoms with van der Waals surface area (Å²) in [5, 5.41) is 3.61. The minimum atomic E-state index is -0.622. The van der Waals surface area contributed by atoms with Gasteiger partial charge in [-0.15, -0.1) is 0 Å². The van der Waals surface area contributed by atoms with Gasteiger partial charge in [0.1, 0.15) is 0 Å². The summed E-state index contributed by atoms with van der Waals surface area (Å²) in [6, 6.07) is 8.94. The van der Waals surface area contributed by atoms with E-state index in [0.717, 1.165) is 22.4 Å². The van der Waals surface area contributed by atoms with Crippen LogP contribution in [0.25, 0.3) is 6.08 Å². The molecule has 0 radical (unpaired) electrons. The third-order valence-electron chi connectivity index (χ3n) is 3.64. The van der Waals surface area contributed by atoms with Crippen molar-refractivity contribution >= 4 is 46.8 Å². The number of hydrogen-bond acceptors (Lipinski definition) is 3. The number of ether oxygens (including phenoxy) is 1. The molecule has 26 heavy (non-hydrogen) atoms. The highest BCUT2D eigenvalue weighted by Gasteiger charge is 2.10. The lowest BCUT2D eigenvalue weighted by Crippen LogP contribution is -2.21. The van der Waals surface area contributed by atoms with Gasteiger partial charge in [0.05, 0.1) is 10.0 Å². The Morgan fingerprint density at radius 3 is 2.31 bits per heavy atom. The molecule has 0 saturated carbocycles. The molecule has 0 fully saturated rings. The highest BCUT2D eigenvalue weighted by Crippen LogP contribution is 2.23. The van der Waals surface area contributed by atoms with E-state index in [1.807, 2.05) is 32.9 Å². The molecule has 0 aliphatic heterocycles. The third kappa shape index (κ3) is 5.61. The summed E-state index contributed by atoms with van der Waals surface area (Å²) in [5.41, 5.74) is 4.48. The number of benzene rings is 2. The van der Waals surface area contributed by atoms with Gasteiger partial charge in [-0.25, -0.2) is 4.79 Å². The number of halogens is 2. The largest absolute Gasteiger partial charge is 0.452 e. The Balaban J connectivity index is 1.90. The van der Waals surface area contributed by atoms with E-state index in [1.165, 1.54) is 12.2 Å². The number of carbonyl (C=O) groups excluding carboxylic acids is 2. The maximum atomic E-state index is 12.0. The standard InChI is InChI=1S/C20H19Cl2NO3/c1-12-8-13(2)20(14(3)9-12)23-18(24)11-26-19(25)7-5-15-4-6-16(21)17(22)10-15/h4-10H,11H2,1-3H3,(H,23,24)/b7-5+. The number of aryl methyl sites for hydroxylation is 3. The molecule has 0 spiro atoms. The van der Waals surface area contributed by atoms with E-state index in [4.69, 9.17) is 27.9 Å². The maximum absolute atomic E-state index is 12.0. The predicted octanol–water partition coefficient (Wildman–Crippen LogP) is 5.11. The van der Waals surface area contributed by atoms with E-state index in [2.05, 4.69) is 5.32 Å². The van der Waals surface area contributed by atoms with Crippen LogP contribution < -0.4 is 5.32 Å². The molecule has 2 rings (SSSR count). The van der Waals surface area contributed by atoms with Crippen LogP contribution in [0.2, 0.25) is 10.0 Å².